The molecular formula is C24H24N2O4S. The normalized spacial score (nSPS) is 11.0. The maximum atomic E-state index is 12.1. The van der Waals surface area contributed by atoms with E-state index < -0.39 is 5.97 Å². The number of nitrogens with one attached hydrogen (secondary N) is 1. The summed E-state index contributed by atoms with van der Waals surface area (Å²) in [6, 6.07) is 16.3. The zero-order valence-electron chi connectivity index (χ0n) is 17.6. The van der Waals surface area contributed by atoms with Crippen LogP contribution in [0.4, 0.5) is 0 Å². The van der Waals surface area contributed by atoms with Gasteiger partial charge in [-0.1, -0.05) is 32.0 Å². The molecule has 0 saturated carbocycles. The van der Waals surface area contributed by atoms with Crippen LogP contribution in [0.5, 0.6) is 11.5 Å². The highest BCUT2D eigenvalue weighted by Crippen LogP contribution is 2.27. The lowest BCUT2D eigenvalue weighted by molar-refractivity contribution is -0.123. The number of thiophene rings is 1. The summed E-state index contributed by atoms with van der Waals surface area (Å²) in [5.41, 5.74) is 5.33. The van der Waals surface area contributed by atoms with E-state index in [9.17, 15) is 9.59 Å². The summed E-state index contributed by atoms with van der Waals surface area (Å²) < 4.78 is 11.0. The number of carbonyl (C=O) groups excluding carboxylic acids is 2. The Morgan fingerprint density at radius 1 is 1.13 bits per heavy atom. The van der Waals surface area contributed by atoms with Crippen molar-refractivity contribution in [1.82, 2.24) is 5.43 Å². The second-order valence-electron chi connectivity index (χ2n) is 7.21. The highest BCUT2D eigenvalue weighted by atomic mass is 32.1. The SMILES string of the molecule is Cc1ccc(C(C)C)c(OCC(=O)N/N=C\c2ccc(OC(=O)c3cccs3)cc2)c1. The minimum Gasteiger partial charge on any atom is -0.483 e. The van der Waals surface area contributed by atoms with Crippen LogP contribution in [0.2, 0.25) is 0 Å². The number of aryl methyl sites for hydroxylation is 1. The minimum absolute atomic E-state index is 0.127. The lowest BCUT2D eigenvalue weighted by Gasteiger charge is -2.14. The molecule has 1 heterocycles. The van der Waals surface area contributed by atoms with Crippen LogP contribution >= 0.6 is 11.3 Å². The van der Waals surface area contributed by atoms with Gasteiger partial charge in [0.25, 0.3) is 5.91 Å². The third kappa shape index (κ3) is 6.52. The van der Waals surface area contributed by atoms with Gasteiger partial charge in [0.1, 0.15) is 16.4 Å². The van der Waals surface area contributed by atoms with Gasteiger partial charge in [0.2, 0.25) is 0 Å². The number of benzene rings is 2. The van der Waals surface area contributed by atoms with Gasteiger partial charge in [0.05, 0.1) is 6.21 Å². The maximum Gasteiger partial charge on any atom is 0.353 e. The monoisotopic (exact) mass is 436 g/mol. The first kappa shape index (κ1) is 22.2. The summed E-state index contributed by atoms with van der Waals surface area (Å²) in [5, 5.41) is 5.77. The van der Waals surface area contributed by atoms with Gasteiger partial charge in [0, 0.05) is 0 Å². The molecule has 0 bridgehead atoms. The van der Waals surface area contributed by atoms with Crippen molar-refractivity contribution < 1.29 is 19.1 Å². The van der Waals surface area contributed by atoms with E-state index in [2.05, 4.69) is 24.4 Å². The molecule has 0 atom stereocenters. The quantitative estimate of drug-likeness (QED) is 0.235. The molecule has 1 N–H and O–H groups in total. The molecule has 0 saturated heterocycles. The third-order valence-corrected chi connectivity index (χ3v) is 5.22. The average Bonchev–Trinajstić information content (AvgIpc) is 3.28. The fourth-order valence-corrected chi connectivity index (χ4v) is 3.37. The zero-order valence-corrected chi connectivity index (χ0v) is 18.4. The lowest BCUT2D eigenvalue weighted by atomic mass is 10.0. The maximum absolute atomic E-state index is 12.1. The van der Waals surface area contributed by atoms with Crippen molar-refractivity contribution in [2.75, 3.05) is 6.61 Å². The standard InChI is InChI=1S/C24H24N2O4S/c1-16(2)20-11-6-17(3)13-21(20)29-15-23(27)26-25-14-18-7-9-19(10-8-18)30-24(28)22-5-4-12-31-22/h4-14,16H,15H2,1-3H3,(H,26,27)/b25-14-. The highest BCUT2D eigenvalue weighted by molar-refractivity contribution is 7.12. The van der Waals surface area contributed by atoms with Crippen molar-refractivity contribution in [1.29, 1.82) is 0 Å². The van der Waals surface area contributed by atoms with Crippen LogP contribution in [0.3, 0.4) is 0 Å². The Kier molecular flexibility index (Phi) is 7.56. The number of ether oxygens (including phenoxy) is 2. The summed E-state index contributed by atoms with van der Waals surface area (Å²) in [6.07, 6.45) is 1.51. The van der Waals surface area contributed by atoms with Gasteiger partial charge >= 0.3 is 5.97 Å². The Morgan fingerprint density at radius 3 is 2.58 bits per heavy atom. The third-order valence-electron chi connectivity index (χ3n) is 4.37. The minimum atomic E-state index is -0.391. The molecule has 3 aromatic rings. The van der Waals surface area contributed by atoms with Gasteiger partial charge in [0.15, 0.2) is 6.61 Å². The zero-order chi connectivity index (χ0) is 22.2. The number of carbonyl (C=O) groups is 2. The molecule has 7 heteroatoms. The fourth-order valence-electron chi connectivity index (χ4n) is 2.77. The van der Waals surface area contributed by atoms with E-state index in [1.807, 2.05) is 30.5 Å². The summed E-state index contributed by atoms with van der Waals surface area (Å²) in [7, 11) is 0. The Bertz CT molecular complexity index is 1060. The van der Waals surface area contributed by atoms with Gasteiger partial charge in [-0.3, -0.25) is 4.79 Å². The Balaban J connectivity index is 1.49. The van der Waals surface area contributed by atoms with Crippen LogP contribution in [0.25, 0.3) is 0 Å². The fraction of sp³-hybridized carbons (Fsp3) is 0.208. The van der Waals surface area contributed by atoms with E-state index in [0.29, 0.717) is 22.3 Å². The molecule has 160 valence electrons. The predicted octanol–water partition coefficient (Wildman–Crippen LogP) is 4.93. The van der Waals surface area contributed by atoms with Crippen LogP contribution in [-0.4, -0.2) is 24.7 Å². The van der Waals surface area contributed by atoms with E-state index in [-0.39, 0.29) is 12.5 Å². The Labute approximate surface area is 185 Å². The summed E-state index contributed by atoms with van der Waals surface area (Å²) in [4.78, 5) is 24.5. The van der Waals surface area contributed by atoms with E-state index in [0.717, 1.165) is 16.7 Å². The smallest absolute Gasteiger partial charge is 0.353 e. The van der Waals surface area contributed by atoms with Crippen LogP contribution in [0.15, 0.2) is 65.1 Å². The largest absolute Gasteiger partial charge is 0.483 e. The topological polar surface area (TPSA) is 77.0 Å². The summed E-state index contributed by atoms with van der Waals surface area (Å²) in [6.45, 7) is 6.01. The number of hydrogen-bond donors (Lipinski definition) is 1. The molecule has 3 rings (SSSR count). The summed E-state index contributed by atoms with van der Waals surface area (Å²) >= 11 is 1.33. The van der Waals surface area contributed by atoms with Crippen LogP contribution in [-0.2, 0) is 4.79 Å². The van der Waals surface area contributed by atoms with Gasteiger partial charge in [-0.05, 0) is 71.3 Å². The highest BCUT2D eigenvalue weighted by Gasteiger charge is 2.10. The molecule has 2 aromatic carbocycles. The summed E-state index contributed by atoms with van der Waals surface area (Å²) in [5.74, 6) is 0.699. The van der Waals surface area contributed by atoms with E-state index in [4.69, 9.17) is 9.47 Å². The molecule has 0 aliphatic heterocycles. The van der Waals surface area contributed by atoms with Crippen molar-refractivity contribution in [3.63, 3.8) is 0 Å². The molecule has 0 aliphatic rings. The van der Waals surface area contributed by atoms with Crippen molar-refractivity contribution in [3.05, 3.63) is 81.5 Å². The number of hydrogen-bond acceptors (Lipinski definition) is 6. The van der Waals surface area contributed by atoms with Crippen LogP contribution in [0, 0.1) is 6.92 Å². The van der Waals surface area contributed by atoms with Crippen molar-refractivity contribution in [2.24, 2.45) is 5.10 Å². The molecule has 0 radical (unpaired) electrons. The first-order valence-electron chi connectivity index (χ1n) is 9.83. The first-order chi connectivity index (χ1) is 14.9. The number of esters is 1. The molecule has 0 unspecified atom stereocenters. The average molecular weight is 437 g/mol. The first-order valence-corrected chi connectivity index (χ1v) is 10.7. The molecule has 0 fully saturated rings. The van der Waals surface area contributed by atoms with E-state index >= 15 is 0 Å². The second kappa shape index (κ2) is 10.5. The van der Waals surface area contributed by atoms with Crippen molar-refractivity contribution in [3.8, 4) is 11.5 Å². The molecule has 0 spiro atoms. The Hall–Kier alpha value is -3.45. The van der Waals surface area contributed by atoms with Gasteiger partial charge in [-0.25, -0.2) is 10.2 Å². The number of nitrogens with zero attached hydrogens (tertiary/aromatic N) is 1. The van der Waals surface area contributed by atoms with E-state index in [1.165, 1.54) is 17.6 Å². The molecule has 6 nitrogen and oxygen atoms in total. The van der Waals surface area contributed by atoms with Crippen molar-refractivity contribution >= 4 is 29.4 Å². The molecule has 0 aliphatic carbocycles. The molecular weight excluding hydrogens is 412 g/mol. The molecule has 31 heavy (non-hydrogen) atoms. The van der Waals surface area contributed by atoms with E-state index in [1.54, 1.807) is 36.4 Å². The second-order valence-corrected chi connectivity index (χ2v) is 8.16. The van der Waals surface area contributed by atoms with Gasteiger partial charge in [-0.15, -0.1) is 11.3 Å². The number of amides is 1. The molecule has 1 amide bonds. The van der Waals surface area contributed by atoms with Crippen LogP contribution in [0.1, 0.15) is 46.1 Å². The van der Waals surface area contributed by atoms with Gasteiger partial charge < -0.3 is 9.47 Å². The lowest BCUT2D eigenvalue weighted by Crippen LogP contribution is -2.25. The number of rotatable bonds is 8. The Morgan fingerprint density at radius 2 is 1.90 bits per heavy atom. The van der Waals surface area contributed by atoms with Crippen molar-refractivity contribution in [2.45, 2.75) is 26.7 Å². The van der Waals surface area contributed by atoms with Gasteiger partial charge in [-0.2, -0.15) is 5.10 Å². The van der Waals surface area contributed by atoms with Crippen LogP contribution < -0.4 is 14.9 Å². The predicted molar refractivity (Wildman–Crippen MR) is 122 cm³/mol. The number of hydrazone groups is 1. The molecule has 1 aromatic heterocycles.